The monoisotopic (exact) mass is 533 g/mol. The van der Waals surface area contributed by atoms with Crippen LogP contribution in [0.5, 0.6) is 0 Å². The van der Waals surface area contributed by atoms with Gasteiger partial charge < -0.3 is 9.73 Å². The lowest BCUT2D eigenvalue weighted by molar-refractivity contribution is -0.121. The summed E-state index contributed by atoms with van der Waals surface area (Å²) in [4.78, 5) is 45.2. The molecule has 0 saturated carbocycles. The Labute approximate surface area is 228 Å². The van der Waals surface area contributed by atoms with Gasteiger partial charge >= 0.3 is 0 Å². The summed E-state index contributed by atoms with van der Waals surface area (Å²) in [7, 11) is 0. The molecular formula is C31H23N3O4S. The van der Waals surface area contributed by atoms with Gasteiger partial charge in [0.25, 0.3) is 5.91 Å². The molecule has 8 heteroatoms. The Bertz CT molecular complexity index is 1680. The van der Waals surface area contributed by atoms with Crippen LogP contribution >= 0.6 is 11.8 Å². The van der Waals surface area contributed by atoms with Crippen molar-refractivity contribution in [3.05, 3.63) is 108 Å². The van der Waals surface area contributed by atoms with Gasteiger partial charge in [0.1, 0.15) is 5.52 Å². The number of aryl methyl sites for hydroxylation is 1. The van der Waals surface area contributed by atoms with Crippen LogP contribution in [0.25, 0.3) is 22.6 Å². The van der Waals surface area contributed by atoms with Crippen molar-refractivity contribution in [2.75, 3.05) is 10.2 Å². The summed E-state index contributed by atoms with van der Waals surface area (Å²) in [5.41, 5.74) is 4.91. The van der Waals surface area contributed by atoms with Crippen LogP contribution < -0.4 is 10.2 Å². The topological polar surface area (TPSA) is 92.5 Å². The van der Waals surface area contributed by atoms with Gasteiger partial charge in [-0.15, -0.1) is 11.8 Å². The lowest BCUT2D eigenvalue weighted by Gasteiger charge is -2.15. The maximum atomic E-state index is 13.2. The molecule has 1 aliphatic heterocycles. The largest absolute Gasteiger partial charge is 0.436 e. The van der Waals surface area contributed by atoms with Crippen molar-refractivity contribution >= 4 is 52.0 Å². The predicted molar refractivity (Wildman–Crippen MR) is 152 cm³/mol. The molecule has 2 heterocycles. The zero-order chi connectivity index (χ0) is 26.9. The number of para-hydroxylation sites is 2. The lowest BCUT2D eigenvalue weighted by Crippen LogP contribution is -2.31. The Hall–Kier alpha value is -4.69. The Morgan fingerprint density at radius 3 is 2.38 bits per heavy atom. The highest BCUT2D eigenvalue weighted by Crippen LogP contribution is 2.35. The Balaban J connectivity index is 1.12. The van der Waals surface area contributed by atoms with Crippen LogP contribution in [0.2, 0.25) is 0 Å². The first-order valence-electron chi connectivity index (χ1n) is 12.4. The van der Waals surface area contributed by atoms with Crippen LogP contribution in [-0.4, -0.2) is 28.0 Å². The zero-order valence-corrected chi connectivity index (χ0v) is 21.8. The van der Waals surface area contributed by atoms with Gasteiger partial charge in [-0.05, 0) is 79.2 Å². The Morgan fingerprint density at radius 2 is 1.64 bits per heavy atom. The van der Waals surface area contributed by atoms with Crippen LogP contribution in [0.4, 0.5) is 11.4 Å². The molecule has 5 aromatic rings. The fraction of sp³-hybridized carbons (Fsp3) is 0.0968. The molecule has 0 radical (unpaired) electrons. The molecule has 0 aliphatic carbocycles. The number of aromatic nitrogens is 1. The Morgan fingerprint density at radius 1 is 0.923 bits per heavy atom. The summed E-state index contributed by atoms with van der Waals surface area (Å²) in [5.74, 6) is -0.192. The zero-order valence-electron chi connectivity index (χ0n) is 21.0. The van der Waals surface area contributed by atoms with Crippen molar-refractivity contribution in [2.24, 2.45) is 0 Å². The van der Waals surface area contributed by atoms with E-state index in [1.165, 1.54) is 16.7 Å². The molecule has 1 fully saturated rings. The standard InChI is InChI=1S/C31H23N3O4S/c1-19-6-2-3-7-24(19)29(36)32-21-12-16-23(17-13-21)39-27-18-28(35)34(31(27)37)22-14-10-20(11-15-22)30-33-25-8-4-5-9-26(25)38-30/h2-17,27H,18H2,1H3,(H,32,36). The van der Waals surface area contributed by atoms with Gasteiger partial charge in [-0.2, -0.15) is 0 Å². The van der Waals surface area contributed by atoms with E-state index in [1.54, 1.807) is 42.5 Å². The Kier molecular flexibility index (Phi) is 6.46. The van der Waals surface area contributed by atoms with Gasteiger partial charge in [-0.25, -0.2) is 9.88 Å². The molecular weight excluding hydrogens is 510 g/mol. The third-order valence-corrected chi connectivity index (χ3v) is 7.75. The third kappa shape index (κ3) is 4.94. The molecule has 39 heavy (non-hydrogen) atoms. The highest BCUT2D eigenvalue weighted by Gasteiger charge is 2.40. The van der Waals surface area contributed by atoms with Crippen LogP contribution in [0, 0.1) is 6.92 Å². The van der Waals surface area contributed by atoms with E-state index in [2.05, 4.69) is 10.3 Å². The fourth-order valence-corrected chi connectivity index (χ4v) is 5.58. The highest BCUT2D eigenvalue weighted by molar-refractivity contribution is 8.00. The molecule has 4 aromatic carbocycles. The van der Waals surface area contributed by atoms with Gasteiger partial charge in [0.15, 0.2) is 5.58 Å². The SMILES string of the molecule is Cc1ccccc1C(=O)Nc1ccc(SC2CC(=O)N(c3ccc(-c4nc5ccccc5o4)cc3)C2=O)cc1. The molecule has 1 unspecified atom stereocenters. The van der Waals surface area contributed by atoms with Gasteiger partial charge in [0, 0.05) is 28.1 Å². The predicted octanol–water partition coefficient (Wildman–Crippen LogP) is 6.48. The van der Waals surface area contributed by atoms with E-state index in [0.717, 1.165) is 21.5 Å². The van der Waals surface area contributed by atoms with Gasteiger partial charge in [0.05, 0.1) is 10.9 Å². The maximum Gasteiger partial charge on any atom is 0.255 e. The third-order valence-electron chi connectivity index (χ3n) is 6.55. The number of hydrogen-bond acceptors (Lipinski definition) is 6. The summed E-state index contributed by atoms with van der Waals surface area (Å²) in [6, 6.07) is 29.3. The number of carbonyl (C=O) groups excluding carboxylic acids is 3. The summed E-state index contributed by atoms with van der Waals surface area (Å²) < 4.78 is 5.82. The summed E-state index contributed by atoms with van der Waals surface area (Å²) in [6.07, 6.45) is 0.113. The first kappa shape index (κ1) is 24.6. The number of benzene rings is 4. The number of fused-ring (bicyclic) bond motifs is 1. The van der Waals surface area contributed by atoms with Crippen LogP contribution in [0.3, 0.4) is 0 Å². The average Bonchev–Trinajstić information content (AvgIpc) is 3.50. The van der Waals surface area contributed by atoms with Crippen molar-refractivity contribution in [1.82, 2.24) is 4.98 Å². The molecule has 1 aliphatic rings. The molecule has 3 amide bonds. The number of imide groups is 1. The molecule has 1 N–H and O–H groups in total. The summed E-state index contributed by atoms with van der Waals surface area (Å²) in [6.45, 7) is 1.89. The van der Waals surface area contributed by atoms with E-state index in [-0.39, 0.29) is 24.1 Å². The van der Waals surface area contributed by atoms with Crippen molar-refractivity contribution in [2.45, 2.75) is 23.5 Å². The molecule has 1 atom stereocenters. The summed E-state index contributed by atoms with van der Waals surface area (Å²) >= 11 is 1.34. The van der Waals surface area contributed by atoms with E-state index < -0.39 is 5.25 Å². The summed E-state index contributed by atoms with van der Waals surface area (Å²) in [5, 5.41) is 2.37. The highest BCUT2D eigenvalue weighted by atomic mass is 32.2. The molecule has 0 spiro atoms. The second-order valence-corrected chi connectivity index (χ2v) is 10.5. The maximum absolute atomic E-state index is 13.2. The van der Waals surface area contributed by atoms with Crippen molar-refractivity contribution in [1.29, 1.82) is 0 Å². The minimum absolute atomic E-state index is 0.113. The molecule has 1 saturated heterocycles. The van der Waals surface area contributed by atoms with Crippen molar-refractivity contribution < 1.29 is 18.8 Å². The quantitative estimate of drug-likeness (QED) is 0.251. The molecule has 6 rings (SSSR count). The second-order valence-electron chi connectivity index (χ2n) is 9.21. The number of oxazole rings is 1. The first-order chi connectivity index (χ1) is 19.0. The van der Waals surface area contributed by atoms with Gasteiger partial charge in [0.2, 0.25) is 17.7 Å². The van der Waals surface area contributed by atoms with Gasteiger partial charge in [-0.1, -0.05) is 30.3 Å². The van der Waals surface area contributed by atoms with Crippen LogP contribution in [0.1, 0.15) is 22.3 Å². The second kappa shape index (κ2) is 10.2. The van der Waals surface area contributed by atoms with E-state index in [0.29, 0.717) is 28.4 Å². The normalized spacial score (nSPS) is 15.2. The van der Waals surface area contributed by atoms with E-state index in [4.69, 9.17) is 4.42 Å². The number of amides is 3. The molecule has 0 bridgehead atoms. The van der Waals surface area contributed by atoms with Crippen LogP contribution in [0.15, 0.2) is 106 Å². The first-order valence-corrected chi connectivity index (χ1v) is 13.3. The number of nitrogens with zero attached hydrogens (tertiary/aromatic N) is 2. The molecule has 7 nitrogen and oxygen atoms in total. The van der Waals surface area contributed by atoms with Gasteiger partial charge in [-0.3, -0.25) is 14.4 Å². The number of rotatable bonds is 6. The van der Waals surface area contributed by atoms with Crippen LogP contribution in [-0.2, 0) is 9.59 Å². The minimum Gasteiger partial charge on any atom is -0.436 e. The van der Waals surface area contributed by atoms with E-state index in [9.17, 15) is 14.4 Å². The van der Waals surface area contributed by atoms with Crippen molar-refractivity contribution in [3.63, 3.8) is 0 Å². The number of thioether (sulfide) groups is 1. The number of nitrogens with one attached hydrogen (secondary N) is 1. The molecule has 192 valence electrons. The average molecular weight is 534 g/mol. The lowest BCUT2D eigenvalue weighted by atomic mass is 10.1. The minimum atomic E-state index is -0.526. The van der Waals surface area contributed by atoms with E-state index in [1.807, 2.05) is 61.5 Å². The molecule has 1 aromatic heterocycles. The number of carbonyl (C=O) groups is 3. The smallest absolute Gasteiger partial charge is 0.255 e. The number of hydrogen-bond donors (Lipinski definition) is 1. The van der Waals surface area contributed by atoms with Crippen molar-refractivity contribution in [3.8, 4) is 11.5 Å². The fourth-order valence-electron chi connectivity index (χ4n) is 4.52. The van der Waals surface area contributed by atoms with E-state index >= 15 is 0 Å². The number of anilines is 2.